The summed E-state index contributed by atoms with van der Waals surface area (Å²) in [4.78, 5) is 19.0. The van der Waals surface area contributed by atoms with Gasteiger partial charge in [0, 0.05) is 27.1 Å². The number of halogens is 1. The Bertz CT molecular complexity index is 1100. The highest BCUT2D eigenvalue weighted by Gasteiger charge is 2.23. The summed E-state index contributed by atoms with van der Waals surface area (Å²) in [6.45, 7) is 0.878. The van der Waals surface area contributed by atoms with Crippen molar-refractivity contribution in [1.29, 1.82) is 0 Å². The van der Waals surface area contributed by atoms with E-state index in [1.807, 2.05) is 24.3 Å². The number of sulfonamides is 1. The van der Waals surface area contributed by atoms with Gasteiger partial charge in [0.15, 0.2) is 5.13 Å². The monoisotopic (exact) mass is 465 g/mol. The maximum Gasteiger partial charge on any atom is 0.242 e. The van der Waals surface area contributed by atoms with Gasteiger partial charge in [-0.25, -0.2) is 22.1 Å². The van der Waals surface area contributed by atoms with Gasteiger partial charge in [0.05, 0.1) is 28.3 Å². The summed E-state index contributed by atoms with van der Waals surface area (Å²) in [5, 5.41) is 0.593. The smallest absolute Gasteiger partial charge is 0.242 e. The number of hydrogen-bond acceptors (Lipinski definition) is 6. The van der Waals surface area contributed by atoms with Crippen LogP contribution in [0.4, 0.5) is 9.52 Å². The van der Waals surface area contributed by atoms with E-state index < -0.39 is 15.8 Å². The lowest BCUT2D eigenvalue weighted by Crippen LogP contribution is -2.35. The number of carbonyl (C=O) groups is 1. The number of aromatic nitrogens is 1. The van der Waals surface area contributed by atoms with E-state index in [9.17, 15) is 17.6 Å². The molecule has 0 aliphatic rings. The van der Waals surface area contributed by atoms with Crippen molar-refractivity contribution in [2.75, 3.05) is 38.8 Å². The Morgan fingerprint density at radius 2 is 1.84 bits per heavy atom. The Labute approximate surface area is 185 Å². The highest BCUT2D eigenvalue weighted by Crippen LogP contribution is 2.29. The van der Waals surface area contributed by atoms with Gasteiger partial charge in [-0.15, -0.1) is 0 Å². The molecule has 0 radical (unpaired) electrons. The van der Waals surface area contributed by atoms with E-state index >= 15 is 0 Å². The molecule has 0 bridgehead atoms. The van der Waals surface area contributed by atoms with Crippen LogP contribution in [0.5, 0.6) is 0 Å². The zero-order valence-corrected chi connectivity index (χ0v) is 19.0. The zero-order chi connectivity index (χ0) is 22.4. The number of fused-ring (bicyclic) bond motifs is 1. The molecule has 0 unspecified atom stereocenters. The molecule has 0 saturated carbocycles. The molecule has 166 valence electrons. The van der Waals surface area contributed by atoms with Gasteiger partial charge in [-0.1, -0.05) is 23.5 Å². The summed E-state index contributed by atoms with van der Waals surface area (Å²) < 4.78 is 45.6. The summed E-state index contributed by atoms with van der Waals surface area (Å²) in [6, 6.07) is 12.3. The van der Waals surface area contributed by atoms with Gasteiger partial charge in [0.2, 0.25) is 15.9 Å². The summed E-state index contributed by atoms with van der Waals surface area (Å²) in [5.41, 5.74) is 0.822. The number of carbonyl (C=O) groups excluding carboxylic acids is 1. The van der Waals surface area contributed by atoms with Gasteiger partial charge >= 0.3 is 0 Å². The summed E-state index contributed by atoms with van der Waals surface area (Å²) >= 11 is 1.43. The number of thiazole rings is 1. The number of benzene rings is 2. The van der Waals surface area contributed by atoms with E-state index in [0.717, 1.165) is 22.3 Å². The maximum absolute atomic E-state index is 13.1. The lowest BCUT2D eigenvalue weighted by atomic mass is 10.3. The minimum Gasteiger partial charge on any atom is -0.383 e. The van der Waals surface area contributed by atoms with Crippen LogP contribution in [0.1, 0.15) is 12.8 Å². The fraction of sp³-hybridized carbons (Fsp3) is 0.333. The lowest BCUT2D eigenvalue weighted by Gasteiger charge is -2.21. The van der Waals surface area contributed by atoms with E-state index in [1.165, 1.54) is 34.8 Å². The van der Waals surface area contributed by atoms with Gasteiger partial charge in [0.25, 0.3) is 0 Å². The molecule has 0 N–H and O–H groups in total. The quantitative estimate of drug-likeness (QED) is 0.458. The first-order chi connectivity index (χ1) is 14.8. The second kappa shape index (κ2) is 10.3. The normalized spacial score (nSPS) is 11.9. The molecule has 31 heavy (non-hydrogen) atoms. The molecule has 1 aromatic heterocycles. The molecule has 3 aromatic rings. The Morgan fingerprint density at radius 3 is 2.52 bits per heavy atom. The van der Waals surface area contributed by atoms with E-state index in [0.29, 0.717) is 24.7 Å². The van der Waals surface area contributed by atoms with Gasteiger partial charge in [-0.2, -0.15) is 0 Å². The number of methoxy groups -OCH3 is 1. The van der Waals surface area contributed by atoms with Crippen LogP contribution in [-0.2, 0) is 19.6 Å². The van der Waals surface area contributed by atoms with Gasteiger partial charge in [0.1, 0.15) is 5.82 Å². The van der Waals surface area contributed by atoms with E-state index in [-0.39, 0.29) is 23.8 Å². The largest absolute Gasteiger partial charge is 0.383 e. The average molecular weight is 466 g/mol. The lowest BCUT2D eigenvalue weighted by molar-refractivity contribution is -0.118. The van der Waals surface area contributed by atoms with Crippen LogP contribution < -0.4 is 4.90 Å². The SMILES string of the molecule is COCCN(C(=O)CCCN(C)S(=O)(=O)c1ccc(F)cc1)c1nc2ccccc2s1. The van der Waals surface area contributed by atoms with Crippen molar-refractivity contribution in [1.82, 2.24) is 9.29 Å². The number of para-hydroxylation sites is 1. The van der Waals surface area contributed by atoms with Crippen molar-refractivity contribution in [3.05, 3.63) is 54.3 Å². The topological polar surface area (TPSA) is 79.8 Å². The highest BCUT2D eigenvalue weighted by molar-refractivity contribution is 7.89. The standard InChI is InChI=1S/C21H24FN3O4S2/c1-24(31(27,28)17-11-9-16(22)10-12-17)13-5-8-20(26)25(14-15-29-2)21-23-18-6-3-4-7-19(18)30-21/h3-4,6-7,9-12H,5,8,13-15H2,1-2H3. The van der Waals surface area contributed by atoms with Crippen LogP contribution in [0.15, 0.2) is 53.4 Å². The molecule has 10 heteroatoms. The van der Waals surface area contributed by atoms with Crippen molar-refractivity contribution >= 4 is 42.6 Å². The Balaban J connectivity index is 1.64. The minimum atomic E-state index is -3.75. The van der Waals surface area contributed by atoms with Crippen LogP contribution in [0.2, 0.25) is 0 Å². The first-order valence-electron chi connectivity index (χ1n) is 9.69. The van der Waals surface area contributed by atoms with Crippen LogP contribution in [0.3, 0.4) is 0 Å². The molecule has 0 fully saturated rings. The van der Waals surface area contributed by atoms with Crippen LogP contribution in [0.25, 0.3) is 10.2 Å². The van der Waals surface area contributed by atoms with Crippen molar-refractivity contribution in [3.8, 4) is 0 Å². The van der Waals surface area contributed by atoms with Crippen LogP contribution in [0, 0.1) is 5.82 Å². The molecular formula is C21H24FN3O4S2. The maximum atomic E-state index is 13.1. The molecule has 0 spiro atoms. The van der Waals surface area contributed by atoms with Crippen molar-refractivity contribution < 1.29 is 22.3 Å². The number of hydrogen-bond donors (Lipinski definition) is 0. The summed E-state index contributed by atoms with van der Waals surface area (Å²) in [7, 11) is -0.737. The fourth-order valence-electron chi connectivity index (χ4n) is 2.98. The first kappa shape index (κ1) is 23.3. The third-order valence-corrected chi connectivity index (χ3v) is 7.65. The van der Waals surface area contributed by atoms with E-state index in [4.69, 9.17) is 4.74 Å². The number of nitrogens with zero attached hydrogens (tertiary/aromatic N) is 3. The predicted octanol–water partition coefficient (Wildman–Crippen LogP) is 3.52. The molecular weight excluding hydrogens is 441 g/mol. The van der Waals surface area contributed by atoms with Gasteiger partial charge in [-0.05, 0) is 42.8 Å². The molecule has 0 aliphatic heterocycles. The van der Waals surface area contributed by atoms with Crippen molar-refractivity contribution in [3.63, 3.8) is 0 Å². The molecule has 7 nitrogen and oxygen atoms in total. The highest BCUT2D eigenvalue weighted by atomic mass is 32.2. The van der Waals surface area contributed by atoms with E-state index in [1.54, 1.807) is 12.0 Å². The van der Waals surface area contributed by atoms with Crippen LogP contribution >= 0.6 is 11.3 Å². The molecule has 0 aliphatic carbocycles. The van der Waals surface area contributed by atoms with Crippen LogP contribution in [-0.4, -0.2) is 57.5 Å². The predicted molar refractivity (Wildman–Crippen MR) is 119 cm³/mol. The molecule has 0 atom stereocenters. The van der Waals surface area contributed by atoms with E-state index in [2.05, 4.69) is 4.98 Å². The minimum absolute atomic E-state index is 0.0129. The molecule has 1 heterocycles. The fourth-order valence-corrected chi connectivity index (χ4v) is 5.20. The zero-order valence-electron chi connectivity index (χ0n) is 17.3. The Kier molecular flexibility index (Phi) is 7.71. The molecule has 2 aromatic carbocycles. The van der Waals surface area contributed by atoms with Gasteiger partial charge < -0.3 is 4.74 Å². The second-order valence-electron chi connectivity index (χ2n) is 6.89. The molecule has 0 saturated heterocycles. The average Bonchev–Trinajstić information content (AvgIpc) is 3.18. The number of amides is 1. The first-order valence-corrected chi connectivity index (χ1v) is 12.0. The molecule has 3 rings (SSSR count). The third-order valence-electron chi connectivity index (χ3n) is 4.72. The third kappa shape index (κ3) is 5.65. The Morgan fingerprint density at radius 1 is 1.13 bits per heavy atom. The number of rotatable bonds is 10. The number of anilines is 1. The summed E-state index contributed by atoms with van der Waals surface area (Å²) in [6.07, 6.45) is 0.493. The Hall–Kier alpha value is -2.40. The van der Waals surface area contributed by atoms with Crippen molar-refractivity contribution in [2.45, 2.75) is 17.7 Å². The summed E-state index contributed by atoms with van der Waals surface area (Å²) in [5.74, 6) is -0.651. The number of ether oxygens (including phenoxy) is 1. The van der Waals surface area contributed by atoms with Crippen molar-refractivity contribution in [2.24, 2.45) is 0 Å². The molecule has 1 amide bonds. The van der Waals surface area contributed by atoms with Gasteiger partial charge in [-0.3, -0.25) is 9.69 Å². The second-order valence-corrected chi connectivity index (χ2v) is 9.94.